The van der Waals surface area contributed by atoms with Gasteiger partial charge >= 0.3 is 0 Å². The van der Waals surface area contributed by atoms with Gasteiger partial charge in [-0.3, -0.25) is 4.79 Å². The molecular formula is C21H21N7OS. The average Bonchev–Trinajstić information content (AvgIpc) is 3.42. The number of hydrogen-bond acceptors (Lipinski definition) is 8. The third kappa shape index (κ3) is 4.02. The second-order valence-electron chi connectivity index (χ2n) is 7.44. The zero-order valence-electron chi connectivity index (χ0n) is 16.2. The van der Waals surface area contributed by atoms with Crippen LogP contribution in [0.1, 0.15) is 19.3 Å². The smallest absolute Gasteiger partial charge is 0.271 e. The zero-order valence-corrected chi connectivity index (χ0v) is 17.0. The first-order chi connectivity index (χ1) is 14.7. The van der Waals surface area contributed by atoms with Crippen molar-refractivity contribution >= 4 is 33.3 Å². The summed E-state index contributed by atoms with van der Waals surface area (Å²) in [7, 11) is 0. The molecule has 0 aromatic carbocycles. The summed E-state index contributed by atoms with van der Waals surface area (Å²) in [5, 5.41) is 13.0. The molecule has 1 fully saturated rings. The highest BCUT2D eigenvalue weighted by Gasteiger charge is 2.25. The summed E-state index contributed by atoms with van der Waals surface area (Å²) in [6.45, 7) is 0.860. The highest BCUT2D eigenvalue weighted by Crippen LogP contribution is 2.28. The van der Waals surface area contributed by atoms with Crippen molar-refractivity contribution in [3.8, 4) is 5.69 Å². The van der Waals surface area contributed by atoms with Crippen LogP contribution in [-0.4, -0.2) is 37.3 Å². The van der Waals surface area contributed by atoms with Crippen molar-refractivity contribution in [2.45, 2.75) is 25.3 Å². The standard InChI is InChI=1S/C21H21N7OS/c29-20-2-1-8-25-28(20)16-5-6-19(23-12-16)22-11-14-3-4-15(10-14)26-21-24-13-18-17(27-21)7-9-30-18/h1-2,5-9,12-15H,3-4,10-11H2,(H,22,23)(H,24,26,27)/t14-,15-/m0/s1. The molecule has 0 amide bonds. The van der Waals surface area contributed by atoms with Crippen molar-refractivity contribution < 1.29 is 0 Å². The predicted molar refractivity (Wildman–Crippen MR) is 118 cm³/mol. The Balaban J connectivity index is 1.15. The SMILES string of the molecule is O=c1cccnn1-c1ccc(NC[C@H]2CC[C@H](Nc3ncc4sccc4n3)C2)nc1. The van der Waals surface area contributed by atoms with E-state index in [2.05, 4.69) is 30.7 Å². The molecule has 5 rings (SSSR count). The van der Waals surface area contributed by atoms with Crippen LogP contribution in [0.3, 0.4) is 0 Å². The normalized spacial score (nSPS) is 18.5. The Bertz CT molecular complexity index is 1200. The van der Waals surface area contributed by atoms with Crippen LogP contribution in [0, 0.1) is 5.92 Å². The number of hydrogen-bond donors (Lipinski definition) is 2. The molecule has 1 aliphatic carbocycles. The lowest BCUT2D eigenvalue weighted by Crippen LogP contribution is -2.20. The van der Waals surface area contributed by atoms with E-state index in [1.807, 2.05) is 29.8 Å². The molecule has 1 saturated carbocycles. The Hall–Kier alpha value is -3.33. The number of nitrogens with one attached hydrogen (secondary N) is 2. The molecule has 0 radical (unpaired) electrons. The molecule has 8 nitrogen and oxygen atoms in total. The van der Waals surface area contributed by atoms with E-state index < -0.39 is 0 Å². The fourth-order valence-electron chi connectivity index (χ4n) is 3.83. The Kier molecular flexibility index (Phi) is 5.10. The average molecular weight is 420 g/mol. The van der Waals surface area contributed by atoms with Gasteiger partial charge in [-0.05, 0) is 54.8 Å². The van der Waals surface area contributed by atoms with Crippen LogP contribution in [0.5, 0.6) is 0 Å². The second kappa shape index (κ2) is 8.19. The molecule has 9 heteroatoms. The molecule has 4 aromatic rings. The molecule has 0 spiro atoms. The summed E-state index contributed by atoms with van der Waals surface area (Å²) < 4.78 is 2.44. The van der Waals surface area contributed by atoms with E-state index >= 15 is 0 Å². The topological polar surface area (TPSA) is 97.6 Å². The van der Waals surface area contributed by atoms with Crippen LogP contribution in [-0.2, 0) is 0 Å². The molecule has 0 saturated heterocycles. The van der Waals surface area contributed by atoms with Crippen molar-refractivity contribution in [3.05, 3.63) is 64.7 Å². The van der Waals surface area contributed by atoms with Gasteiger partial charge in [0.25, 0.3) is 5.56 Å². The molecule has 0 unspecified atom stereocenters. The largest absolute Gasteiger partial charge is 0.370 e. The fourth-order valence-corrected chi connectivity index (χ4v) is 4.52. The van der Waals surface area contributed by atoms with E-state index in [-0.39, 0.29) is 5.56 Å². The highest BCUT2D eigenvalue weighted by molar-refractivity contribution is 7.17. The summed E-state index contributed by atoms with van der Waals surface area (Å²) in [6, 6.07) is 9.24. The number of thiophene rings is 1. The van der Waals surface area contributed by atoms with Crippen LogP contribution >= 0.6 is 11.3 Å². The minimum atomic E-state index is -0.174. The molecule has 152 valence electrons. The second-order valence-corrected chi connectivity index (χ2v) is 8.39. The van der Waals surface area contributed by atoms with E-state index in [0.29, 0.717) is 23.6 Å². The van der Waals surface area contributed by atoms with Crippen LogP contribution in [0.15, 0.2) is 59.1 Å². The molecule has 1 aliphatic rings. The highest BCUT2D eigenvalue weighted by atomic mass is 32.1. The number of pyridine rings is 1. The van der Waals surface area contributed by atoms with Gasteiger partial charge < -0.3 is 10.6 Å². The summed E-state index contributed by atoms with van der Waals surface area (Å²) in [5.74, 6) is 2.07. The molecule has 4 heterocycles. The quantitative estimate of drug-likeness (QED) is 0.495. The summed E-state index contributed by atoms with van der Waals surface area (Å²) in [5.41, 5.74) is 1.47. The van der Waals surface area contributed by atoms with E-state index in [1.54, 1.807) is 29.8 Å². The van der Waals surface area contributed by atoms with Crippen molar-refractivity contribution in [3.63, 3.8) is 0 Å². The number of fused-ring (bicyclic) bond motifs is 1. The lowest BCUT2D eigenvalue weighted by atomic mass is 10.1. The van der Waals surface area contributed by atoms with Gasteiger partial charge in [-0.25, -0.2) is 15.0 Å². The summed E-state index contributed by atoms with van der Waals surface area (Å²) in [6.07, 6.45) is 8.45. The first-order valence-electron chi connectivity index (χ1n) is 9.96. The molecular weight excluding hydrogens is 398 g/mol. The lowest BCUT2D eigenvalue weighted by Gasteiger charge is -2.14. The Morgan fingerprint density at radius 1 is 1.13 bits per heavy atom. The Morgan fingerprint density at radius 3 is 2.97 bits per heavy atom. The first kappa shape index (κ1) is 18.7. The van der Waals surface area contributed by atoms with E-state index in [9.17, 15) is 4.79 Å². The maximum Gasteiger partial charge on any atom is 0.271 e. The van der Waals surface area contributed by atoms with Crippen molar-refractivity contribution in [2.75, 3.05) is 17.2 Å². The number of rotatable bonds is 6. The summed E-state index contributed by atoms with van der Waals surface area (Å²) >= 11 is 1.66. The van der Waals surface area contributed by atoms with Crippen LogP contribution in [0.4, 0.5) is 11.8 Å². The Labute approximate surface area is 177 Å². The van der Waals surface area contributed by atoms with Gasteiger partial charge in [-0.15, -0.1) is 11.3 Å². The number of aromatic nitrogens is 5. The third-order valence-corrected chi connectivity index (χ3v) is 6.20. The monoisotopic (exact) mass is 419 g/mol. The number of nitrogens with zero attached hydrogens (tertiary/aromatic N) is 5. The van der Waals surface area contributed by atoms with Crippen molar-refractivity contribution in [1.82, 2.24) is 24.7 Å². The minimum Gasteiger partial charge on any atom is -0.370 e. The maximum atomic E-state index is 11.9. The van der Waals surface area contributed by atoms with Gasteiger partial charge in [-0.1, -0.05) is 0 Å². The first-order valence-corrected chi connectivity index (χ1v) is 10.8. The van der Waals surface area contributed by atoms with Gasteiger partial charge in [0, 0.05) is 24.8 Å². The van der Waals surface area contributed by atoms with Crippen molar-refractivity contribution in [2.24, 2.45) is 5.92 Å². The third-order valence-electron chi connectivity index (χ3n) is 5.36. The van der Waals surface area contributed by atoms with Crippen LogP contribution in [0.25, 0.3) is 15.9 Å². The zero-order chi connectivity index (χ0) is 20.3. The molecule has 30 heavy (non-hydrogen) atoms. The van der Waals surface area contributed by atoms with E-state index in [4.69, 9.17) is 0 Å². The predicted octanol–water partition coefficient (Wildman–Crippen LogP) is 3.32. The molecule has 2 N–H and O–H groups in total. The summed E-state index contributed by atoms with van der Waals surface area (Å²) in [4.78, 5) is 25.3. The number of anilines is 2. The van der Waals surface area contributed by atoms with Gasteiger partial charge in [0.15, 0.2) is 0 Å². The molecule has 2 atom stereocenters. The van der Waals surface area contributed by atoms with Gasteiger partial charge in [0.05, 0.1) is 28.3 Å². The van der Waals surface area contributed by atoms with Crippen molar-refractivity contribution in [1.29, 1.82) is 0 Å². The van der Waals surface area contributed by atoms with Gasteiger partial charge in [0.2, 0.25) is 5.95 Å². The fraction of sp³-hybridized carbons (Fsp3) is 0.286. The maximum absolute atomic E-state index is 11.9. The van der Waals surface area contributed by atoms with E-state index in [0.717, 1.165) is 41.8 Å². The minimum absolute atomic E-state index is 0.174. The Morgan fingerprint density at radius 2 is 2.10 bits per heavy atom. The molecule has 0 aliphatic heterocycles. The van der Waals surface area contributed by atoms with Crippen LogP contribution < -0.4 is 16.2 Å². The van der Waals surface area contributed by atoms with Gasteiger partial charge in [-0.2, -0.15) is 9.78 Å². The van der Waals surface area contributed by atoms with E-state index in [1.165, 1.54) is 10.7 Å². The van der Waals surface area contributed by atoms with Crippen LogP contribution in [0.2, 0.25) is 0 Å². The molecule has 0 bridgehead atoms. The van der Waals surface area contributed by atoms with Gasteiger partial charge in [0.1, 0.15) is 5.82 Å². The molecule has 4 aromatic heterocycles. The lowest BCUT2D eigenvalue weighted by molar-refractivity contribution is 0.571.